The zero-order valence-electron chi connectivity index (χ0n) is 3.01. The topological polar surface area (TPSA) is 52.2 Å². The summed E-state index contributed by atoms with van der Waals surface area (Å²) in [6, 6.07) is 0. The summed E-state index contributed by atoms with van der Waals surface area (Å²) in [6.45, 7) is 0. The predicted molar refractivity (Wildman–Crippen MR) is 25.1 cm³/mol. The third-order valence-electron chi connectivity index (χ3n) is 0.408. The zero-order chi connectivity index (χ0) is 4.41. The molecule has 4 heteroatoms. The van der Waals surface area contributed by atoms with Gasteiger partial charge in [0.05, 0.1) is 6.20 Å². The molecule has 1 radical (unpaired) electrons. The van der Waals surface area contributed by atoms with Gasteiger partial charge in [-0.15, -0.1) is 0 Å². The minimum Gasteiger partial charge on any atom is -0.391 e. The van der Waals surface area contributed by atoms with Crippen LogP contribution in [0.3, 0.4) is 0 Å². The lowest BCUT2D eigenvalue weighted by Gasteiger charge is -1.80. The maximum Gasteiger partial charge on any atom is 0.102 e. The highest BCUT2D eigenvalue weighted by Gasteiger charge is 1.96. The van der Waals surface area contributed by atoms with E-state index in [1.165, 1.54) is 11.9 Å². The molecule has 1 aliphatic heterocycles. The van der Waals surface area contributed by atoms with E-state index in [1.54, 1.807) is 6.20 Å². The van der Waals surface area contributed by atoms with Crippen LogP contribution < -0.4 is 16.0 Å². The van der Waals surface area contributed by atoms with Crippen LogP contribution in [0.1, 0.15) is 0 Å². The van der Waals surface area contributed by atoms with Crippen molar-refractivity contribution in [2.45, 2.75) is 0 Å². The van der Waals surface area contributed by atoms with Crippen LogP contribution in [0, 0.1) is 0 Å². The van der Waals surface area contributed by atoms with Gasteiger partial charge in [-0.1, -0.05) is 0 Å². The third kappa shape index (κ3) is 0.580. The second-order valence-electron chi connectivity index (χ2n) is 0.854. The quantitative estimate of drug-likeness (QED) is 0.406. The van der Waals surface area contributed by atoms with Gasteiger partial charge in [-0.25, -0.2) is 0 Å². The van der Waals surface area contributed by atoms with Crippen molar-refractivity contribution < 1.29 is 0 Å². The number of hydrogen-bond donors (Lipinski definition) is 2. The van der Waals surface area contributed by atoms with E-state index in [1.807, 2.05) is 0 Å². The van der Waals surface area contributed by atoms with E-state index in [0.717, 1.165) is 5.03 Å². The molecule has 0 amide bonds. The van der Waals surface area contributed by atoms with E-state index in [9.17, 15) is 0 Å². The molecule has 0 unspecified atom stereocenters. The Bertz CT molecular complexity index is 78.9. The molecule has 1 rings (SSSR count). The molecule has 0 fully saturated rings. The first-order valence-corrected chi connectivity index (χ1v) is 2.28. The second kappa shape index (κ2) is 1.40. The van der Waals surface area contributed by atoms with Gasteiger partial charge in [0.1, 0.15) is 5.03 Å². The first-order valence-electron chi connectivity index (χ1n) is 1.47. The fraction of sp³-hybridized carbons (Fsp3) is 0. The molecule has 1 aliphatic rings. The smallest absolute Gasteiger partial charge is 0.102 e. The summed E-state index contributed by atoms with van der Waals surface area (Å²) in [5.41, 5.74) is 8.79. The molecule has 0 bridgehead atoms. The highest BCUT2D eigenvalue weighted by molar-refractivity contribution is 8.01. The van der Waals surface area contributed by atoms with Gasteiger partial charge in [-0.2, -0.15) is 10.3 Å². The van der Waals surface area contributed by atoms with E-state index in [-0.39, 0.29) is 0 Å². The molecule has 0 spiro atoms. The maximum atomic E-state index is 5.20. The van der Waals surface area contributed by atoms with Gasteiger partial charge in [0.2, 0.25) is 0 Å². The Morgan fingerprint density at radius 1 is 2.00 bits per heavy atom. The molecular formula is C2H4N3S. The molecule has 0 saturated heterocycles. The standard InChI is InChI=1S/C2H4N3S/c3-2-1-4-5-6-2/h1,5H,3H2. The Balaban J connectivity index is 2.45. The Kier molecular flexibility index (Phi) is 0.894. The lowest BCUT2D eigenvalue weighted by Crippen LogP contribution is -2.02. The van der Waals surface area contributed by atoms with Gasteiger partial charge in [0.25, 0.3) is 0 Å². The molecular weight excluding hydrogens is 98.1 g/mol. The van der Waals surface area contributed by atoms with Gasteiger partial charge in [0.15, 0.2) is 0 Å². The SMILES string of the molecule is NC1=C[N]NS1. The molecule has 0 aromatic carbocycles. The van der Waals surface area contributed by atoms with Crippen molar-refractivity contribution >= 4 is 11.9 Å². The Morgan fingerprint density at radius 3 is 3.00 bits per heavy atom. The molecule has 0 saturated carbocycles. The van der Waals surface area contributed by atoms with E-state index >= 15 is 0 Å². The molecule has 0 aromatic heterocycles. The number of hydrogen-bond acceptors (Lipinski definition) is 3. The van der Waals surface area contributed by atoms with E-state index in [0.29, 0.717) is 0 Å². The van der Waals surface area contributed by atoms with Crippen LogP contribution in [0.25, 0.3) is 0 Å². The Hall–Kier alpha value is -0.350. The van der Waals surface area contributed by atoms with Crippen molar-refractivity contribution in [1.29, 1.82) is 0 Å². The molecule has 0 aliphatic carbocycles. The second-order valence-corrected chi connectivity index (χ2v) is 1.71. The van der Waals surface area contributed by atoms with Crippen LogP contribution in [0.4, 0.5) is 0 Å². The van der Waals surface area contributed by atoms with Crippen molar-refractivity contribution in [2.75, 3.05) is 0 Å². The Morgan fingerprint density at radius 2 is 2.83 bits per heavy atom. The molecule has 6 heavy (non-hydrogen) atoms. The molecule has 33 valence electrons. The van der Waals surface area contributed by atoms with Crippen molar-refractivity contribution in [2.24, 2.45) is 5.73 Å². The Labute approximate surface area is 40.1 Å². The average Bonchev–Trinajstić information content (AvgIpc) is 1.86. The minimum atomic E-state index is 0.718. The van der Waals surface area contributed by atoms with Crippen LogP contribution in [0.15, 0.2) is 11.2 Å². The fourth-order valence-corrected chi connectivity index (χ4v) is 0.512. The number of nitrogens with two attached hydrogens (primary N) is 1. The van der Waals surface area contributed by atoms with Gasteiger partial charge in [0, 0.05) is 0 Å². The first-order chi connectivity index (χ1) is 2.89. The molecule has 0 atom stereocenters. The van der Waals surface area contributed by atoms with E-state index < -0.39 is 0 Å². The molecule has 0 aromatic rings. The minimum absolute atomic E-state index is 0.718. The van der Waals surface area contributed by atoms with Crippen molar-refractivity contribution in [3.05, 3.63) is 11.2 Å². The number of rotatable bonds is 0. The lowest BCUT2D eigenvalue weighted by atomic mass is 10.9. The highest BCUT2D eigenvalue weighted by Crippen LogP contribution is 2.05. The average molecular weight is 102 g/mol. The van der Waals surface area contributed by atoms with E-state index in [4.69, 9.17) is 5.73 Å². The fourth-order valence-electron chi connectivity index (χ4n) is 0.195. The summed E-state index contributed by atoms with van der Waals surface area (Å²) in [4.78, 5) is 2.60. The van der Waals surface area contributed by atoms with Gasteiger partial charge in [-0.3, -0.25) is 0 Å². The van der Waals surface area contributed by atoms with E-state index in [2.05, 4.69) is 10.3 Å². The third-order valence-corrected chi connectivity index (χ3v) is 0.946. The first kappa shape index (κ1) is 3.83. The summed E-state index contributed by atoms with van der Waals surface area (Å²) in [7, 11) is 0. The van der Waals surface area contributed by atoms with Crippen LogP contribution in [0.5, 0.6) is 0 Å². The normalized spacial score (nSPS) is 19.7. The van der Waals surface area contributed by atoms with Gasteiger partial charge >= 0.3 is 0 Å². The summed E-state index contributed by atoms with van der Waals surface area (Å²) in [6.07, 6.45) is 1.57. The van der Waals surface area contributed by atoms with Crippen LogP contribution >= 0.6 is 11.9 Å². The maximum absolute atomic E-state index is 5.20. The largest absolute Gasteiger partial charge is 0.391 e. The molecule has 3 nitrogen and oxygen atoms in total. The predicted octanol–water partition coefficient (Wildman–Crippen LogP) is -0.485. The highest BCUT2D eigenvalue weighted by atomic mass is 32.2. The molecule has 3 N–H and O–H groups in total. The summed E-state index contributed by atoms with van der Waals surface area (Å²) < 4.78 is 0. The lowest BCUT2D eigenvalue weighted by molar-refractivity contribution is 0.874. The number of nitrogens with one attached hydrogen (secondary N) is 1. The molecule has 1 heterocycles. The monoisotopic (exact) mass is 102 g/mol. The van der Waals surface area contributed by atoms with Gasteiger partial charge < -0.3 is 5.73 Å². The summed E-state index contributed by atoms with van der Waals surface area (Å²) in [5, 5.41) is 0.718. The van der Waals surface area contributed by atoms with Crippen molar-refractivity contribution in [3.8, 4) is 0 Å². The van der Waals surface area contributed by atoms with Crippen LogP contribution in [0.2, 0.25) is 0 Å². The van der Waals surface area contributed by atoms with Crippen LogP contribution in [-0.4, -0.2) is 0 Å². The van der Waals surface area contributed by atoms with Crippen molar-refractivity contribution in [3.63, 3.8) is 0 Å². The van der Waals surface area contributed by atoms with Gasteiger partial charge in [-0.05, 0) is 11.9 Å². The van der Waals surface area contributed by atoms with Crippen LogP contribution in [-0.2, 0) is 0 Å². The zero-order valence-corrected chi connectivity index (χ0v) is 3.83. The van der Waals surface area contributed by atoms with Crippen molar-refractivity contribution in [1.82, 2.24) is 10.3 Å². The summed E-state index contributed by atoms with van der Waals surface area (Å²) >= 11 is 1.32. The number of nitrogens with zero attached hydrogens (tertiary/aromatic N) is 1. The summed E-state index contributed by atoms with van der Waals surface area (Å²) in [5.74, 6) is 0.